The Bertz CT molecular complexity index is 437. The molecule has 1 saturated carbocycles. The highest BCUT2D eigenvalue weighted by Gasteiger charge is 2.52. The summed E-state index contributed by atoms with van der Waals surface area (Å²) in [7, 11) is 0. The maximum atomic E-state index is 2.62. The standard InChI is InChI=1S/C20H32/c1-14(2)15-7-9-17-16(13-15)8-10-18-19(3,4)11-6-12-20(17,18)5/h8,10,13-14,16-18H,6-7,9,11-12H2,1-5H3. The molecule has 0 spiro atoms. The van der Waals surface area contributed by atoms with Crippen LogP contribution in [0.1, 0.15) is 66.7 Å². The van der Waals surface area contributed by atoms with Crippen LogP contribution in [-0.2, 0) is 0 Å². The summed E-state index contributed by atoms with van der Waals surface area (Å²) in [5.74, 6) is 3.13. The van der Waals surface area contributed by atoms with Crippen molar-refractivity contribution >= 4 is 0 Å². The van der Waals surface area contributed by atoms with E-state index >= 15 is 0 Å². The van der Waals surface area contributed by atoms with E-state index in [1.807, 2.05) is 0 Å². The first kappa shape index (κ1) is 14.4. The molecule has 112 valence electrons. The summed E-state index contributed by atoms with van der Waals surface area (Å²) in [5.41, 5.74) is 2.74. The molecule has 0 aromatic heterocycles. The molecule has 0 bridgehead atoms. The average Bonchev–Trinajstić information content (AvgIpc) is 2.37. The lowest BCUT2D eigenvalue weighted by atomic mass is 9.47. The van der Waals surface area contributed by atoms with Crippen molar-refractivity contribution in [3.05, 3.63) is 23.8 Å². The minimum Gasteiger partial charge on any atom is -0.0837 e. The molecule has 0 aromatic rings. The van der Waals surface area contributed by atoms with E-state index in [1.54, 1.807) is 5.57 Å². The van der Waals surface area contributed by atoms with Gasteiger partial charge in [-0.25, -0.2) is 0 Å². The first-order valence-electron chi connectivity index (χ1n) is 8.73. The molecule has 20 heavy (non-hydrogen) atoms. The molecular weight excluding hydrogens is 240 g/mol. The Morgan fingerprint density at radius 1 is 1.10 bits per heavy atom. The fraction of sp³-hybridized carbons (Fsp3) is 0.800. The Hall–Kier alpha value is -0.520. The van der Waals surface area contributed by atoms with Crippen molar-refractivity contribution in [1.82, 2.24) is 0 Å². The molecule has 4 unspecified atom stereocenters. The molecule has 0 nitrogen and oxygen atoms in total. The van der Waals surface area contributed by atoms with Crippen molar-refractivity contribution in [3.8, 4) is 0 Å². The largest absolute Gasteiger partial charge is 0.0837 e. The molecule has 0 amide bonds. The molecule has 1 fully saturated rings. The van der Waals surface area contributed by atoms with Crippen molar-refractivity contribution in [2.45, 2.75) is 66.7 Å². The smallest absolute Gasteiger partial charge is 0.00168 e. The van der Waals surface area contributed by atoms with E-state index in [1.165, 1.54) is 32.1 Å². The van der Waals surface area contributed by atoms with Gasteiger partial charge in [0.05, 0.1) is 0 Å². The Labute approximate surface area is 125 Å². The number of hydrogen-bond donors (Lipinski definition) is 0. The van der Waals surface area contributed by atoms with Crippen LogP contribution in [0.5, 0.6) is 0 Å². The zero-order valence-corrected chi connectivity index (χ0v) is 14.1. The Balaban J connectivity index is 1.96. The molecule has 4 atom stereocenters. The topological polar surface area (TPSA) is 0 Å². The molecule has 3 aliphatic rings. The zero-order chi connectivity index (χ0) is 14.5. The maximum Gasteiger partial charge on any atom is -0.00168 e. The first-order chi connectivity index (χ1) is 9.34. The second-order valence-electron chi connectivity index (χ2n) is 8.83. The van der Waals surface area contributed by atoms with E-state index in [9.17, 15) is 0 Å². The maximum absolute atomic E-state index is 2.62. The Kier molecular flexibility index (Phi) is 3.42. The van der Waals surface area contributed by atoms with E-state index in [0.29, 0.717) is 10.8 Å². The highest BCUT2D eigenvalue weighted by molar-refractivity contribution is 5.24. The predicted octanol–water partition coefficient (Wildman–Crippen LogP) is 6.00. The van der Waals surface area contributed by atoms with E-state index in [-0.39, 0.29) is 0 Å². The summed E-state index contributed by atoms with van der Waals surface area (Å²) in [4.78, 5) is 0. The van der Waals surface area contributed by atoms with Crippen LogP contribution < -0.4 is 0 Å². The number of fused-ring (bicyclic) bond motifs is 3. The summed E-state index contributed by atoms with van der Waals surface area (Å²) >= 11 is 0. The van der Waals surface area contributed by atoms with Gasteiger partial charge in [0.25, 0.3) is 0 Å². The molecule has 0 N–H and O–H groups in total. The van der Waals surface area contributed by atoms with Gasteiger partial charge in [-0.1, -0.05) is 64.8 Å². The molecule has 0 heterocycles. The Morgan fingerprint density at radius 2 is 1.85 bits per heavy atom. The molecular formula is C20H32. The summed E-state index contributed by atoms with van der Waals surface area (Å²) in [5, 5.41) is 0. The summed E-state index contributed by atoms with van der Waals surface area (Å²) in [6.45, 7) is 12.3. The van der Waals surface area contributed by atoms with Gasteiger partial charge in [-0.3, -0.25) is 0 Å². The number of hydrogen-bond acceptors (Lipinski definition) is 0. The summed E-state index contributed by atoms with van der Waals surface area (Å²) in [6, 6.07) is 0. The third-order valence-electron chi connectivity index (χ3n) is 6.82. The average molecular weight is 272 g/mol. The van der Waals surface area contributed by atoms with Crippen LogP contribution in [0.3, 0.4) is 0 Å². The van der Waals surface area contributed by atoms with E-state index in [4.69, 9.17) is 0 Å². The molecule has 3 aliphatic carbocycles. The molecule has 0 heteroatoms. The third kappa shape index (κ3) is 2.11. The van der Waals surface area contributed by atoms with Crippen LogP contribution in [0.15, 0.2) is 23.8 Å². The van der Waals surface area contributed by atoms with Crippen LogP contribution in [0.25, 0.3) is 0 Å². The van der Waals surface area contributed by atoms with Gasteiger partial charge in [-0.2, -0.15) is 0 Å². The SMILES string of the molecule is CC(C)C1=CC2C=CC3C(C)(C)CCCC3(C)C2CC1. The lowest BCUT2D eigenvalue weighted by Gasteiger charge is -2.57. The number of rotatable bonds is 1. The monoisotopic (exact) mass is 272 g/mol. The van der Waals surface area contributed by atoms with Crippen LogP contribution in [0.4, 0.5) is 0 Å². The molecule has 3 rings (SSSR count). The highest BCUT2D eigenvalue weighted by atomic mass is 14.6. The van der Waals surface area contributed by atoms with Gasteiger partial charge in [0.2, 0.25) is 0 Å². The molecule has 0 aliphatic heterocycles. The first-order valence-corrected chi connectivity index (χ1v) is 8.73. The quantitative estimate of drug-likeness (QED) is 0.514. The van der Waals surface area contributed by atoms with Crippen LogP contribution >= 0.6 is 0 Å². The van der Waals surface area contributed by atoms with Crippen molar-refractivity contribution in [1.29, 1.82) is 0 Å². The van der Waals surface area contributed by atoms with E-state index in [2.05, 4.69) is 52.8 Å². The van der Waals surface area contributed by atoms with Crippen LogP contribution in [0.2, 0.25) is 0 Å². The normalized spacial score (nSPS) is 42.9. The third-order valence-corrected chi connectivity index (χ3v) is 6.82. The second-order valence-corrected chi connectivity index (χ2v) is 8.83. The van der Waals surface area contributed by atoms with Crippen LogP contribution in [0, 0.1) is 34.5 Å². The van der Waals surface area contributed by atoms with Crippen molar-refractivity contribution in [3.63, 3.8) is 0 Å². The second kappa shape index (κ2) is 4.75. The van der Waals surface area contributed by atoms with Gasteiger partial charge in [0.1, 0.15) is 0 Å². The predicted molar refractivity (Wildman–Crippen MR) is 87.5 cm³/mol. The van der Waals surface area contributed by atoms with Crippen molar-refractivity contribution in [2.75, 3.05) is 0 Å². The van der Waals surface area contributed by atoms with Gasteiger partial charge in [-0.15, -0.1) is 0 Å². The summed E-state index contributed by atoms with van der Waals surface area (Å²) < 4.78 is 0. The molecule has 0 saturated heterocycles. The van der Waals surface area contributed by atoms with Crippen LogP contribution in [-0.4, -0.2) is 0 Å². The minimum absolute atomic E-state index is 0.497. The number of allylic oxidation sites excluding steroid dienone is 4. The van der Waals surface area contributed by atoms with Gasteiger partial charge in [0, 0.05) is 0 Å². The lowest BCUT2D eigenvalue weighted by molar-refractivity contribution is -0.0357. The minimum atomic E-state index is 0.497. The van der Waals surface area contributed by atoms with Gasteiger partial charge < -0.3 is 0 Å². The fourth-order valence-electron chi connectivity index (χ4n) is 5.67. The Morgan fingerprint density at radius 3 is 2.55 bits per heavy atom. The lowest BCUT2D eigenvalue weighted by Crippen LogP contribution is -2.49. The van der Waals surface area contributed by atoms with Crippen molar-refractivity contribution in [2.24, 2.45) is 34.5 Å². The van der Waals surface area contributed by atoms with Gasteiger partial charge in [-0.05, 0) is 60.2 Å². The fourth-order valence-corrected chi connectivity index (χ4v) is 5.67. The van der Waals surface area contributed by atoms with E-state index in [0.717, 1.165) is 23.7 Å². The molecule has 0 radical (unpaired) electrons. The zero-order valence-electron chi connectivity index (χ0n) is 14.1. The van der Waals surface area contributed by atoms with Gasteiger partial charge >= 0.3 is 0 Å². The molecule has 0 aromatic carbocycles. The summed E-state index contributed by atoms with van der Waals surface area (Å²) in [6.07, 6.45) is 14.8. The highest BCUT2D eigenvalue weighted by Crippen LogP contribution is 2.61. The van der Waals surface area contributed by atoms with Gasteiger partial charge in [0.15, 0.2) is 0 Å². The van der Waals surface area contributed by atoms with E-state index < -0.39 is 0 Å². The van der Waals surface area contributed by atoms with Crippen molar-refractivity contribution < 1.29 is 0 Å².